The minimum absolute atomic E-state index is 0.216. The molecule has 0 aromatic heterocycles. The molecule has 2 rings (SSSR count). The summed E-state index contributed by atoms with van der Waals surface area (Å²) in [5.41, 5.74) is 5.85. The van der Waals surface area contributed by atoms with E-state index in [2.05, 4.69) is 4.90 Å². The topological polar surface area (TPSA) is 49.6 Å². The van der Waals surface area contributed by atoms with E-state index in [4.69, 9.17) is 5.73 Å². The van der Waals surface area contributed by atoms with Gasteiger partial charge in [0.05, 0.1) is 0 Å². The van der Waals surface area contributed by atoms with Crippen LogP contribution in [-0.2, 0) is 4.79 Å². The Morgan fingerprint density at radius 3 is 2.71 bits per heavy atom. The van der Waals surface area contributed by atoms with E-state index in [0.717, 1.165) is 39.1 Å². The summed E-state index contributed by atoms with van der Waals surface area (Å²) in [6.45, 7) is 6.46. The third-order valence-electron chi connectivity index (χ3n) is 4.37. The van der Waals surface area contributed by atoms with Gasteiger partial charge in [0.2, 0.25) is 5.91 Å². The van der Waals surface area contributed by atoms with Crippen molar-refractivity contribution in [2.75, 3.05) is 32.7 Å². The summed E-state index contributed by atoms with van der Waals surface area (Å²) in [6.07, 6.45) is 5.00. The van der Waals surface area contributed by atoms with Crippen molar-refractivity contribution in [3.63, 3.8) is 0 Å². The number of nitrogens with two attached hydrogens (primary N) is 1. The van der Waals surface area contributed by atoms with Crippen molar-refractivity contribution in [3.8, 4) is 0 Å². The highest BCUT2D eigenvalue weighted by Gasteiger charge is 2.32. The molecule has 1 saturated carbocycles. The predicted molar refractivity (Wildman–Crippen MR) is 68.6 cm³/mol. The van der Waals surface area contributed by atoms with Crippen LogP contribution in [0.15, 0.2) is 0 Å². The molecule has 4 nitrogen and oxygen atoms in total. The highest BCUT2D eigenvalue weighted by Crippen LogP contribution is 2.29. The van der Waals surface area contributed by atoms with Gasteiger partial charge in [0.25, 0.3) is 0 Å². The molecule has 2 fully saturated rings. The Labute approximate surface area is 104 Å². The first-order chi connectivity index (χ1) is 8.22. The number of carbonyl (C=O) groups is 1. The summed E-state index contributed by atoms with van der Waals surface area (Å²) in [4.78, 5) is 15.9. The molecule has 1 heterocycles. The molecule has 1 saturated heterocycles. The van der Waals surface area contributed by atoms with Crippen LogP contribution in [0.2, 0.25) is 0 Å². The van der Waals surface area contributed by atoms with Gasteiger partial charge in [0, 0.05) is 39.1 Å². The van der Waals surface area contributed by atoms with Gasteiger partial charge in [-0.15, -0.1) is 0 Å². The van der Waals surface area contributed by atoms with E-state index in [-0.39, 0.29) is 5.91 Å². The number of rotatable bonds is 2. The predicted octanol–water partition coefficient (Wildman–Crippen LogP) is 0.668. The van der Waals surface area contributed by atoms with Crippen LogP contribution in [-0.4, -0.2) is 54.5 Å². The highest BCUT2D eigenvalue weighted by atomic mass is 16.2. The quantitative estimate of drug-likeness (QED) is 0.770. The summed E-state index contributed by atoms with van der Waals surface area (Å²) in [5, 5.41) is 0. The number of hydrogen-bond acceptors (Lipinski definition) is 3. The number of carbonyl (C=O) groups excluding carboxylic acids is 1. The zero-order valence-corrected chi connectivity index (χ0v) is 10.9. The standard InChI is InChI=1S/C13H25N3O/c1-11(17)15-6-3-7-16(9-8-15)13-5-2-4-12(13)10-14/h12-13H,2-10,14H2,1H3. The van der Waals surface area contributed by atoms with Crippen LogP contribution in [0.1, 0.15) is 32.6 Å². The lowest BCUT2D eigenvalue weighted by Gasteiger charge is -2.31. The van der Waals surface area contributed by atoms with Gasteiger partial charge < -0.3 is 10.6 Å². The van der Waals surface area contributed by atoms with E-state index in [0.29, 0.717) is 12.0 Å². The van der Waals surface area contributed by atoms with E-state index >= 15 is 0 Å². The Kier molecular flexibility index (Phi) is 4.40. The molecular weight excluding hydrogens is 214 g/mol. The van der Waals surface area contributed by atoms with Crippen molar-refractivity contribution in [2.24, 2.45) is 11.7 Å². The molecule has 98 valence electrons. The molecule has 0 aromatic rings. The highest BCUT2D eigenvalue weighted by molar-refractivity contribution is 5.73. The van der Waals surface area contributed by atoms with E-state index in [1.807, 2.05) is 4.90 Å². The fraction of sp³-hybridized carbons (Fsp3) is 0.923. The molecule has 2 aliphatic rings. The summed E-state index contributed by atoms with van der Waals surface area (Å²) >= 11 is 0. The first-order valence-corrected chi connectivity index (χ1v) is 6.92. The largest absolute Gasteiger partial charge is 0.342 e. The summed E-state index contributed by atoms with van der Waals surface area (Å²) in [5.74, 6) is 0.896. The average Bonchev–Trinajstić information content (AvgIpc) is 2.65. The molecule has 2 N–H and O–H groups in total. The van der Waals surface area contributed by atoms with Crippen LogP contribution in [0.25, 0.3) is 0 Å². The fourth-order valence-electron chi connectivity index (χ4n) is 3.36. The summed E-state index contributed by atoms with van der Waals surface area (Å²) < 4.78 is 0. The van der Waals surface area contributed by atoms with Gasteiger partial charge in [0.1, 0.15) is 0 Å². The first-order valence-electron chi connectivity index (χ1n) is 6.92. The van der Waals surface area contributed by atoms with Gasteiger partial charge in [-0.25, -0.2) is 0 Å². The minimum atomic E-state index is 0.216. The Morgan fingerprint density at radius 2 is 2.00 bits per heavy atom. The molecule has 2 atom stereocenters. The molecule has 2 unspecified atom stereocenters. The molecule has 4 heteroatoms. The maximum absolute atomic E-state index is 11.4. The molecule has 0 spiro atoms. The Hall–Kier alpha value is -0.610. The van der Waals surface area contributed by atoms with Crippen LogP contribution in [0.4, 0.5) is 0 Å². The van der Waals surface area contributed by atoms with Gasteiger partial charge in [-0.05, 0) is 31.7 Å². The number of hydrogen-bond donors (Lipinski definition) is 1. The van der Waals surface area contributed by atoms with Gasteiger partial charge in [-0.1, -0.05) is 6.42 Å². The molecule has 1 aliphatic carbocycles. The van der Waals surface area contributed by atoms with Crippen molar-refractivity contribution in [3.05, 3.63) is 0 Å². The van der Waals surface area contributed by atoms with E-state index in [1.54, 1.807) is 6.92 Å². The van der Waals surface area contributed by atoms with Gasteiger partial charge in [0.15, 0.2) is 0 Å². The summed E-state index contributed by atoms with van der Waals surface area (Å²) in [6, 6.07) is 0.673. The van der Waals surface area contributed by atoms with E-state index < -0.39 is 0 Å². The lowest BCUT2D eigenvalue weighted by Crippen LogP contribution is -2.42. The zero-order valence-electron chi connectivity index (χ0n) is 10.9. The lowest BCUT2D eigenvalue weighted by molar-refractivity contribution is -0.128. The van der Waals surface area contributed by atoms with Crippen molar-refractivity contribution >= 4 is 5.91 Å². The Morgan fingerprint density at radius 1 is 1.18 bits per heavy atom. The molecule has 0 radical (unpaired) electrons. The van der Waals surface area contributed by atoms with E-state index in [9.17, 15) is 4.79 Å². The van der Waals surface area contributed by atoms with Crippen LogP contribution in [0.5, 0.6) is 0 Å². The van der Waals surface area contributed by atoms with Crippen LogP contribution >= 0.6 is 0 Å². The third kappa shape index (κ3) is 2.99. The Bertz CT molecular complexity index is 269. The molecule has 17 heavy (non-hydrogen) atoms. The third-order valence-corrected chi connectivity index (χ3v) is 4.37. The first kappa shape index (κ1) is 12.8. The minimum Gasteiger partial charge on any atom is -0.342 e. The second kappa shape index (κ2) is 5.83. The summed E-state index contributed by atoms with van der Waals surface area (Å²) in [7, 11) is 0. The number of amides is 1. The maximum Gasteiger partial charge on any atom is 0.219 e. The SMILES string of the molecule is CC(=O)N1CCCN(C2CCCC2CN)CC1. The van der Waals surface area contributed by atoms with Crippen LogP contribution in [0.3, 0.4) is 0 Å². The van der Waals surface area contributed by atoms with Gasteiger partial charge in [-0.3, -0.25) is 9.69 Å². The maximum atomic E-state index is 11.4. The monoisotopic (exact) mass is 239 g/mol. The average molecular weight is 239 g/mol. The van der Waals surface area contributed by atoms with Crippen molar-refractivity contribution in [2.45, 2.75) is 38.6 Å². The van der Waals surface area contributed by atoms with Crippen molar-refractivity contribution < 1.29 is 4.79 Å². The smallest absolute Gasteiger partial charge is 0.219 e. The van der Waals surface area contributed by atoms with Crippen LogP contribution in [0, 0.1) is 5.92 Å². The number of nitrogens with zero attached hydrogens (tertiary/aromatic N) is 2. The van der Waals surface area contributed by atoms with Gasteiger partial charge in [-0.2, -0.15) is 0 Å². The molecule has 1 amide bonds. The zero-order chi connectivity index (χ0) is 12.3. The molecule has 0 aromatic carbocycles. The van der Waals surface area contributed by atoms with Gasteiger partial charge >= 0.3 is 0 Å². The van der Waals surface area contributed by atoms with Crippen LogP contribution < -0.4 is 5.73 Å². The Balaban J connectivity index is 1.92. The second-order valence-corrected chi connectivity index (χ2v) is 5.39. The van der Waals surface area contributed by atoms with Crippen molar-refractivity contribution in [1.82, 2.24) is 9.80 Å². The molecule has 1 aliphatic heterocycles. The van der Waals surface area contributed by atoms with E-state index in [1.165, 1.54) is 19.3 Å². The molecule has 0 bridgehead atoms. The normalized spacial score (nSPS) is 31.5. The fourth-order valence-corrected chi connectivity index (χ4v) is 3.36. The second-order valence-electron chi connectivity index (χ2n) is 5.39. The van der Waals surface area contributed by atoms with Crippen molar-refractivity contribution in [1.29, 1.82) is 0 Å². The molecular formula is C13H25N3O. The lowest BCUT2D eigenvalue weighted by atomic mass is 10.0.